The molecule has 0 aliphatic carbocycles. The normalized spacial score (nSPS) is 12.1. The summed E-state index contributed by atoms with van der Waals surface area (Å²) in [6, 6.07) is 0.166. The highest BCUT2D eigenvalue weighted by Crippen LogP contribution is 2.31. The summed E-state index contributed by atoms with van der Waals surface area (Å²) in [5.41, 5.74) is 0.0194. The number of amides is 2. The van der Waals surface area contributed by atoms with E-state index in [1.165, 1.54) is 0 Å². The van der Waals surface area contributed by atoms with Gasteiger partial charge >= 0.3 is 12.0 Å². The Kier molecular flexibility index (Phi) is 6.23. The molecule has 0 spiro atoms. The molecule has 8 heteroatoms. The predicted octanol–water partition coefficient (Wildman–Crippen LogP) is 3.75. The molecule has 1 aromatic rings. The second-order valence-corrected chi connectivity index (χ2v) is 5.68. The van der Waals surface area contributed by atoms with Gasteiger partial charge in [-0.15, -0.1) is 0 Å². The summed E-state index contributed by atoms with van der Waals surface area (Å²) < 4.78 is 13.0. The van der Waals surface area contributed by atoms with Crippen LogP contribution in [0, 0.1) is 11.7 Å². The van der Waals surface area contributed by atoms with Gasteiger partial charge in [0.25, 0.3) is 0 Å². The van der Waals surface area contributed by atoms with Crippen molar-refractivity contribution in [3.8, 4) is 0 Å². The van der Waals surface area contributed by atoms with E-state index in [0.29, 0.717) is 0 Å². The fraction of sp³-hybridized carbons (Fsp3) is 0.385. The third-order valence-electron chi connectivity index (χ3n) is 2.56. The lowest BCUT2D eigenvalue weighted by atomic mass is 10.0. The van der Waals surface area contributed by atoms with Crippen LogP contribution in [-0.4, -0.2) is 23.1 Å². The van der Waals surface area contributed by atoms with Crippen molar-refractivity contribution >= 4 is 40.9 Å². The lowest BCUT2D eigenvalue weighted by Crippen LogP contribution is -2.43. The number of urea groups is 1. The maximum absolute atomic E-state index is 13.0. The van der Waals surface area contributed by atoms with Gasteiger partial charge in [0.05, 0.1) is 15.7 Å². The monoisotopic (exact) mass is 336 g/mol. The van der Waals surface area contributed by atoms with Gasteiger partial charge in [-0.2, -0.15) is 0 Å². The minimum Gasteiger partial charge on any atom is -0.480 e. The van der Waals surface area contributed by atoms with Gasteiger partial charge in [0.1, 0.15) is 11.9 Å². The molecule has 1 aromatic carbocycles. The summed E-state index contributed by atoms with van der Waals surface area (Å²) in [5.74, 6) is -1.70. The number of rotatable bonds is 5. The van der Waals surface area contributed by atoms with Gasteiger partial charge in [-0.1, -0.05) is 37.0 Å². The smallest absolute Gasteiger partial charge is 0.326 e. The molecular formula is C13H15Cl2FN2O3. The van der Waals surface area contributed by atoms with Crippen molar-refractivity contribution in [3.05, 3.63) is 28.0 Å². The highest BCUT2D eigenvalue weighted by Gasteiger charge is 2.22. The van der Waals surface area contributed by atoms with Crippen molar-refractivity contribution in [2.75, 3.05) is 5.32 Å². The Balaban J connectivity index is 2.79. The number of carboxylic acids is 1. The molecule has 116 valence electrons. The zero-order valence-corrected chi connectivity index (χ0v) is 12.9. The second kappa shape index (κ2) is 7.47. The highest BCUT2D eigenvalue weighted by molar-refractivity contribution is 6.39. The lowest BCUT2D eigenvalue weighted by Gasteiger charge is -2.17. The van der Waals surface area contributed by atoms with E-state index in [1.807, 2.05) is 13.8 Å². The average molecular weight is 337 g/mol. The first kappa shape index (κ1) is 17.5. The maximum atomic E-state index is 13.0. The number of benzene rings is 1. The number of aliphatic carboxylic acids is 1. The van der Waals surface area contributed by atoms with Crippen molar-refractivity contribution in [1.29, 1.82) is 0 Å². The van der Waals surface area contributed by atoms with Crippen LogP contribution in [0.4, 0.5) is 14.9 Å². The number of anilines is 1. The largest absolute Gasteiger partial charge is 0.480 e. The average Bonchev–Trinajstić information content (AvgIpc) is 2.32. The zero-order valence-electron chi connectivity index (χ0n) is 11.4. The number of carbonyl (C=O) groups is 2. The quantitative estimate of drug-likeness (QED) is 0.766. The number of hydrogen-bond acceptors (Lipinski definition) is 2. The van der Waals surface area contributed by atoms with Crippen LogP contribution in [0.15, 0.2) is 12.1 Å². The molecule has 0 aromatic heterocycles. The molecule has 0 aliphatic heterocycles. The van der Waals surface area contributed by atoms with E-state index in [4.69, 9.17) is 28.3 Å². The highest BCUT2D eigenvalue weighted by atomic mass is 35.5. The van der Waals surface area contributed by atoms with Crippen molar-refractivity contribution in [2.45, 2.75) is 26.3 Å². The molecule has 0 saturated carbocycles. The van der Waals surface area contributed by atoms with E-state index in [9.17, 15) is 14.0 Å². The molecule has 0 bridgehead atoms. The van der Waals surface area contributed by atoms with E-state index in [-0.39, 0.29) is 28.1 Å². The Morgan fingerprint density at radius 3 is 2.24 bits per heavy atom. The third kappa shape index (κ3) is 5.40. The van der Waals surface area contributed by atoms with Crippen molar-refractivity contribution in [1.82, 2.24) is 5.32 Å². The number of hydrogen-bond donors (Lipinski definition) is 3. The van der Waals surface area contributed by atoms with Crippen LogP contribution in [0.1, 0.15) is 20.3 Å². The predicted molar refractivity (Wildman–Crippen MR) is 79.5 cm³/mol. The van der Waals surface area contributed by atoms with Crippen LogP contribution in [0.2, 0.25) is 10.0 Å². The van der Waals surface area contributed by atoms with E-state index >= 15 is 0 Å². The Morgan fingerprint density at radius 1 is 1.29 bits per heavy atom. The molecule has 21 heavy (non-hydrogen) atoms. The van der Waals surface area contributed by atoms with E-state index in [1.54, 1.807) is 0 Å². The summed E-state index contributed by atoms with van der Waals surface area (Å²) in [7, 11) is 0. The Labute approximate surface area is 131 Å². The molecule has 1 rings (SSSR count). The zero-order chi connectivity index (χ0) is 16.2. The summed E-state index contributed by atoms with van der Waals surface area (Å²) >= 11 is 11.6. The van der Waals surface area contributed by atoms with Gasteiger partial charge in [-0.25, -0.2) is 14.0 Å². The maximum Gasteiger partial charge on any atom is 0.326 e. The fourth-order valence-corrected chi connectivity index (χ4v) is 2.22. The van der Waals surface area contributed by atoms with Crippen molar-refractivity contribution in [3.63, 3.8) is 0 Å². The number of carboxylic acid groups (broad SMARTS) is 1. The molecule has 0 saturated heterocycles. The molecule has 0 fully saturated rings. The molecular weight excluding hydrogens is 322 g/mol. The number of nitrogens with one attached hydrogen (secondary N) is 2. The summed E-state index contributed by atoms with van der Waals surface area (Å²) in [6.45, 7) is 3.67. The summed E-state index contributed by atoms with van der Waals surface area (Å²) in [6.07, 6.45) is 0.271. The molecule has 1 atom stereocenters. The lowest BCUT2D eigenvalue weighted by molar-refractivity contribution is -0.139. The van der Waals surface area contributed by atoms with Crippen molar-refractivity contribution in [2.24, 2.45) is 5.92 Å². The molecule has 5 nitrogen and oxygen atoms in total. The van der Waals surface area contributed by atoms with E-state index < -0.39 is 23.9 Å². The number of carbonyl (C=O) groups excluding carboxylic acids is 1. The molecule has 3 N–H and O–H groups in total. The molecule has 0 aliphatic rings. The van der Waals surface area contributed by atoms with Gasteiger partial charge in [0.15, 0.2) is 0 Å². The first-order valence-electron chi connectivity index (χ1n) is 6.15. The third-order valence-corrected chi connectivity index (χ3v) is 3.15. The van der Waals surface area contributed by atoms with Gasteiger partial charge in [-0.05, 0) is 24.5 Å². The van der Waals surface area contributed by atoms with Crippen molar-refractivity contribution < 1.29 is 19.1 Å². The SMILES string of the molecule is CC(C)CC(NC(=O)Nc1c(Cl)cc(F)cc1Cl)C(=O)O. The number of halogens is 3. The summed E-state index contributed by atoms with van der Waals surface area (Å²) in [4.78, 5) is 22.9. The topological polar surface area (TPSA) is 78.4 Å². The molecule has 0 radical (unpaired) electrons. The van der Waals surface area contributed by atoms with E-state index in [2.05, 4.69) is 10.6 Å². The minimum absolute atomic E-state index is 0.0194. The summed E-state index contributed by atoms with van der Waals surface area (Å²) in [5, 5.41) is 13.5. The van der Waals surface area contributed by atoms with Crippen LogP contribution >= 0.6 is 23.2 Å². The van der Waals surface area contributed by atoms with Gasteiger partial charge < -0.3 is 15.7 Å². The van der Waals surface area contributed by atoms with Crippen LogP contribution in [0.25, 0.3) is 0 Å². The van der Waals surface area contributed by atoms with E-state index in [0.717, 1.165) is 12.1 Å². The Morgan fingerprint density at radius 2 is 1.81 bits per heavy atom. The fourth-order valence-electron chi connectivity index (χ4n) is 1.66. The minimum atomic E-state index is -1.14. The van der Waals surface area contributed by atoms with Gasteiger partial charge in [0.2, 0.25) is 0 Å². The molecule has 0 heterocycles. The Hall–Kier alpha value is -1.53. The van der Waals surface area contributed by atoms with Gasteiger partial charge in [0, 0.05) is 0 Å². The van der Waals surface area contributed by atoms with Crippen LogP contribution in [0.3, 0.4) is 0 Å². The molecule has 2 amide bonds. The molecule has 1 unspecified atom stereocenters. The van der Waals surface area contributed by atoms with Gasteiger partial charge in [-0.3, -0.25) is 0 Å². The Bertz CT molecular complexity index is 529. The van der Waals surface area contributed by atoms with Crippen LogP contribution in [-0.2, 0) is 4.79 Å². The second-order valence-electron chi connectivity index (χ2n) is 4.86. The van der Waals surface area contributed by atoms with Crippen LogP contribution in [0.5, 0.6) is 0 Å². The first-order valence-corrected chi connectivity index (χ1v) is 6.91. The standard InChI is InChI=1S/C13H15Cl2FN2O3/c1-6(2)3-10(12(19)20)17-13(21)18-11-8(14)4-7(16)5-9(11)15/h4-6,10H,3H2,1-2H3,(H,19,20)(H2,17,18,21). The first-order chi connectivity index (χ1) is 9.70. The van der Waals surface area contributed by atoms with Crippen LogP contribution < -0.4 is 10.6 Å².